The van der Waals surface area contributed by atoms with Gasteiger partial charge in [0.1, 0.15) is 0 Å². The summed E-state index contributed by atoms with van der Waals surface area (Å²) in [6, 6.07) is 1.51. The number of hydrogen-bond donors (Lipinski definition) is 0. The van der Waals surface area contributed by atoms with E-state index in [1.165, 1.54) is 45.8 Å². The van der Waals surface area contributed by atoms with E-state index < -0.39 is 0 Å². The van der Waals surface area contributed by atoms with Gasteiger partial charge < -0.3 is 4.90 Å². The third-order valence-corrected chi connectivity index (χ3v) is 4.80. The van der Waals surface area contributed by atoms with Crippen LogP contribution in [0.4, 0.5) is 0 Å². The Labute approximate surface area is 107 Å². The van der Waals surface area contributed by atoms with Crippen LogP contribution in [0, 0.1) is 5.92 Å². The number of rotatable bonds is 3. The van der Waals surface area contributed by atoms with Gasteiger partial charge in [0, 0.05) is 51.4 Å². The SMILES string of the molecule is CCN1CCN2CCN([C@@H](C)C(C)C)CC2C1. The molecule has 0 aromatic carbocycles. The Morgan fingerprint density at radius 3 is 2.35 bits per heavy atom. The van der Waals surface area contributed by atoms with Gasteiger partial charge in [0.2, 0.25) is 0 Å². The van der Waals surface area contributed by atoms with Crippen molar-refractivity contribution in [1.29, 1.82) is 0 Å². The number of likely N-dealkylation sites (N-methyl/N-ethyl adjacent to an activating group) is 1. The summed E-state index contributed by atoms with van der Waals surface area (Å²) in [5.74, 6) is 0.771. The summed E-state index contributed by atoms with van der Waals surface area (Å²) in [5.41, 5.74) is 0. The molecule has 0 aliphatic carbocycles. The van der Waals surface area contributed by atoms with Crippen molar-refractivity contribution < 1.29 is 0 Å². The second kappa shape index (κ2) is 5.68. The Bertz CT molecular complexity index is 242. The molecule has 2 saturated heterocycles. The lowest BCUT2D eigenvalue weighted by Crippen LogP contribution is -2.63. The number of fused-ring (bicyclic) bond motifs is 1. The van der Waals surface area contributed by atoms with Crippen molar-refractivity contribution in [3.05, 3.63) is 0 Å². The maximum absolute atomic E-state index is 2.70. The van der Waals surface area contributed by atoms with Crippen molar-refractivity contribution in [2.75, 3.05) is 45.8 Å². The van der Waals surface area contributed by atoms with Crippen LogP contribution in [-0.4, -0.2) is 72.6 Å². The number of piperazine rings is 2. The third kappa shape index (κ3) is 3.01. The summed E-state index contributed by atoms with van der Waals surface area (Å²) in [6.07, 6.45) is 0. The van der Waals surface area contributed by atoms with E-state index in [1.54, 1.807) is 0 Å². The van der Waals surface area contributed by atoms with E-state index in [0.717, 1.165) is 18.0 Å². The van der Waals surface area contributed by atoms with Crippen molar-refractivity contribution >= 4 is 0 Å². The average Bonchev–Trinajstić information content (AvgIpc) is 2.36. The maximum Gasteiger partial charge on any atom is 0.0351 e. The molecule has 2 heterocycles. The van der Waals surface area contributed by atoms with Crippen LogP contribution in [0.1, 0.15) is 27.7 Å². The number of nitrogens with zero attached hydrogens (tertiary/aromatic N) is 3. The zero-order valence-electron chi connectivity index (χ0n) is 12.0. The van der Waals surface area contributed by atoms with Crippen molar-refractivity contribution in [3.8, 4) is 0 Å². The first-order chi connectivity index (χ1) is 8.11. The molecule has 3 nitrogen and oxygen atoms in total. The molecule has 0 amide bonds. The molecule has 0 bridgehead atoms. The topological polar surface area (TPSA) is 9.72 Å². The minimum Gasteiger partial charge on any atom is -0.301 e. The van der Waals surface area contributed by atoms with Crippen LogP contribution in [-0.2, 0) is 0 Å². The van der Waals surface area contributed by atoms with Gasteiger partial charge in [-0.1, -0.05) is 20.8 Å². The summed E-state index contributed by atoms with van der Waals surface area (Å²) in [6.45, 7) is 18.2. The van der Waals surface area contributed by atoms with Crippen LogP contribution in [0.25, 0.3) is 0 Å². The molecule has 2 aliphatic heterocycles. The molecule has 2 rings (SSSR count). The molecule has 1 unspecified atom stereocenters. The van der Waals surface area contributed by atoms with E-state index in [1.807, 2.05) is 0 Å². The predicted molar refractivity (Wildman–Crippen MR) is 73.3 cm³/mol. The van der Waals surface area contributed by atoms with Crippen molar-refractivity contribution in [2.45, 2.75) is 39.8 Å². The molecule has 3 heteroatoms. The molecule has 2 atom stereocenters. The Morgan fingerprint density at radius 2 is 1.71 bits per heavy atom. The Hall–Kier alpha value is -0.120. The molecule has 0 N–H and O–H groups in total. The molecular formula is C14H29N3. The highest BCUT2D eigenvalue weighted by molar-refractivity contribution is 4.90. The van der Waals surface area contributed by atoms with Gasteiger partial charge in [-0.05, 0) is 19.4 Å². The smallest absolute Gasteiger partial charge is 0.0351 e. The molecule has 0 aromatic rings. The molecule has 0 spiro atoms. The molecule has 17 heavy (non-hydrogen) atoms. The zero-order chi connectivity index (χ0) is 12.4. The zero-order valence-corrected chi connectivity index (χ0v) is 12.0. The van der Waals surface area contributed by atoms with E-state index in [9.17, 15) is 0 Å². The first-order valence-corrected chi connectivity index (χ1v) is 7.32. The second-order valence-electron chi connectivity index (χ2n) is 6.06. The average molecular weight is 239 g/mol. The second-order valence-corrected chi connectivity index (χ2v) is 6.06. The van der Waals surface area contributed by atoms with Gasteiger partial charge >= 0.3 is 0 Å². The quantitative estimate of drug-likeness (QED) is 0.736. The molecule has 0 saturated carbocycles. The standard InChI is InChI=1S/C14H29N3/c1-5-15-6-7-16-8-9-17(11-14(16)10-15)13(4)12(2)3/h12-14H,5-11H2,1-4H3/t13-,14?/m0/s1. The highest BCUT2D eigenvalue weighted by Gasteiger charge is 2.33. The van der Waals surface area contributed by atoms with Crippen LogP contribution >= 0.6 is 0 Å². The fraction of sp³-hybridized carbons (Fsp3) is 1.00. The van der Waals surface area contributed by atoms with E-state index in [0.29, 0.717) is 0 Å². The fourth-order valence-corrected chi connectivity index (χ4v) is 3.12. The van der Waals surface area contributed by atoms with Gasteiger partial charge in [0.15, 0.2) is 0 Å². The minimum absolute atomic E-state index is 0.731. The Balaban J connectivity index is 1.92. The van der Waals surface area contributed by atoms with Crippen LogP contribution in [0.2, 0.25) is 0 Å². The van der Waals surface area contributed by atoms with Crippen molar-refractivity contribution in [1.82, 2.24) is 14.7 Å². The van der Waals surface area contributed by atoms with Gasteiger partial charge in [-0.2, -0.15) is 0 Å². The summed E-state index contributed by atoms with van der Waals surface area (Å²) < 4.78 is 0. The molecule has 0 aromatic heterocycles. The summed E-state index contributed by atoms with van der Waals surface area (Å²) in [5, 5.41) is 0. The summed E-state index contributed by atoms with van der Waals surface area (Å²) in [4.78, 5) is 8.01. The Kier molecular flexibility index (Phi) is 4.45. The van der Waals surface area contributed by atoms with E-state index >= 15 is 0 Å². The highest BCUT2D eigenvalue weighted by atomic mass is 15.3. The first-order valence-electron chi connectivity index (χ1n) is 7.32. The van der Waals surface area contributed by atoms with Crippen molar-refractivity contribution in [2.24, 2.45) is 5.92 Å². The van der Waals surface area contributed by atoms with Gasteiger partial charge in [-0.25, -0.2) is 0 Å². The third-order valence-electron chi connectivity index (χ3n) is 4.80. The van der Waals surface area contributed by atoms with Gasteiger partial charge in [-0.15, -0.1) is 0 Å². The van der Waals surface area contributed by atoms with Crippen LogP contribution in [0.5, 0.6) is 0 Å². The molecular weight excluding hydrogens is 210 g/mol. The lowest BCUT2D eigenvalue weighted by atomic mass is 10.0. The first kappa shape index (κ1) is 13.3. The number of hydrogen-bond acceptors (Lipinski definition) is 3. The molecule has 100 valence electrons. The lowest BCUT2D eigenvalue weighted by Gasteiger charge is -2.49. The van der Waals surface area contributed by atoms with Crippen LogP contribution in [0.3, 0.4) is 0 Å². The van der Waals surface area contributed by atoms with E-state index in [4.69, 9.17) is 0 Å². The summed E-state index contributed by atoms with van der Waals surface area (Å²) in [7, 11) is 0. The van der Waals surface area contributed by atoms with E-state index in [2.05, 4.69) is 42.4 Å². The molecule has 2 aliphatic rings. The van der Waals surface area contributed by atoms with Crippen LogP contribution < -0.4 is 0 Å². The van der Waals surface area contributed by atoms with Gasteiger partial charge in [0.05, 0.1) is 0 Å². The lowest BCUT2D eigenvalue weighted by molar-refractivity contribution is -0.00575. The summed E-state index contributed by atoms with van der Waals surface area (Å²) >= 11 is 0. The normalized spacial score (nSPS) is 30.5. The predicted octanol–water partition coefficient (Wildman–Crippen LogP) is 1.35. The Morgan fingerprint density at radius 1 is 1.00 bits per heavy atom. The van der Waals surface area contributed by atoms with Crippen LogP contribution in [0.15, 0.2) is 0 Å². The largest absolute Gasteiger partial charge is 0.301 e. The monoisotopic (exact) mass is 239 g/mol. The van der Waals surface area contributed by atoms with Gasteiger partial charge in [-0.3, -0.25) is 9.80 Å². The van der Waals surface area contributed by atoms with Crippen molar-refractivity contribution in [3.63, 3.8) is 0 Å². The fourth-order valence-electron chi connectivity index (χ4n) is 3.12. The highest BCUT2D eigenvalue weighted by Crippen LogP contribution is 2.19. The minimum atomic E-state index is 0.731. The van der Waals surface area contributed by atoms with E-state index in [-0.39, 0.29) is 0 Å². The maximum atomic E-state index is 2.70. The van der Waals surface area contributed by atoms with Gasteiger partial charge in [0.25, 0.3) is 0 Å². The molecule has 0 radical (unpaired) electrons. The molecule has 2 fully saturated rings.